The number of fused-ring (bicyclic) bond motifs is 5. The molecule has 21 nitrogen and oxygen atoms in total. The van der Waals surface area contributed by atoms with Crippen molar-refractivity contribution in [2.45, 2.75) is 84.8 Å². The Morgan fingerprint density at radius 2 is 1.59 bits per heavy atom. The Bertz CT molecular complexity index is 2860. The Balaban J connectivity index is 0.817. The number of hydrogen-bond acceptors (Lipinski definition) is 14. The molecule has 2 unspecified atom stereocenters. The van der Waals surface area contributed by atoms with Crippen LogP contribution in [0.1, 0.15) is 80.4 Å². The van der Waals surface area contributed by atoms with Crippen LogP contribution in [0.5, 0.6) is 5.75 Å². The Morgan fingerprint density at radius 1 is 0.887 bits per heavy atom. The number of cyclic esters (lactones) is 1. The summed E-state index contributed by atoms with van der Waals surface area (Å²) in [6, 6.07) is 12.4. The molecular formula is C50H56N8O13. The molecule has 0 radical (unpaired) electrons. The smallest absolute Gasteiger partial charge is 0.415 e. The fourth-order valence-electron chi connectivity index (χ4n) is 8.40. The zero-order chi connectivity index (χ0) is 51.1. The van der Waals surface area contributed by atoms with Crippen LogP contribution in [0.3, 0.4) is 0 Å². The molecule has 3 aliphatic heterocycles. The number of likely N-dealkylation sites (N-methyl/N-ethyl adjacent to an activating group) is 2. The molecule has 4 aromatic rings. The Hall–Kier alpha value is -7.94. The first kappa shape index (κ1) is 50.9. The highest BCUT2D eigenvalue weighted by Crippen LogP contribution is 2.39. The molecule has 0 fully saturated rings. The van der Waals surface area contributed by atoms with Gasteiger partial charge in [-0.15, -0.1) is 0 Å². The third-order valence-electron chi connectivity index (χ3n) is 12.5. The molecule has 7 rings (SSSR count). The van der Waals surface area contributed by atoms with E-state index in [2.05, 4.69) is 16.0 Å². The van der Waals surface area contributed by atoms with E-state index in [1.807, 2.05) is 6.92 Å². The largest absolute Gasteiger partial charge is 0.458 e. The van der Waals surface area contributed by atoms with E-state index in [4.69, 9.17) is 19.2 Å². The van der Waals surface area contributed by atoms with Crippen LogP contribution in [0.25, 0.3) is 22.3 Å². The number of pyridine rings is 2. The van der Waals surface area contributed by atoms with Crippen molar-refractivity contribution < 1.29 is 57.7 Å². The second kappa shape index (κ2) is 22.2. The lowest BCUT2D eigenvalue weighted by atomic mass is 9.97. The summed E-state index contributed by atoms with van der Waals surface area (Å²) in [7, 11) is 3.07. The van der Waals surface area contributed by atoms with Crippen molar-refractivity contribution in [1.29, 1.82) is 0 Å². The minimum absolute atomic E-state index is 0.0737. The average molecular weight is 977 g/mol. The van der Waals surface area contributed by atoms with Crippen molar-refractivity contribution in [2.24, 2.45) is 5.92 Å². The van der Waals surface area contributed by atoms with Crippen LogP contribution in [-0.4, -0.2) is 123 Å². The van der Waals surface area contributed by atoms with E-state index in [1.165, 1.54) is 36.0 Å². The number of aliphatic hydroxyl groups excluding tert-OH is 1. The fourth-order valence-corrected chi connectivity index (χ4v) is 8.40. The van der Waals surface area contributed by atoms with Crippen LogP contribution in [0, 0.1) is 5.92 Å². The summed E-state index contributed by atoms with van der Waals surface area (Å²) in [5.41, 5.74) is 4.54. The van der Waals surface area contributed by atoms with Crippen LogP contribution < -0.4 is 26.2 Å². The quantitative estimate of drug-likeness (QED) is 0.0525. The van der Waals surface area contributed by atoms with Gasteiger partial charge in [0.2, 0.25) is 17.7 Å². The van der Waals surface area contributed by atoms with Crippen LogP contribution in [0.15, 0.2) is 65.5 Å². The number of aryl methyl sites for hydroxylation is 1. The summed E-state index contributed by atoms with van der Waals surface area (Å²) in [4.78, 5) is 122. The number of esters is 1. The minimum atomic E-state index is -1.56. The molecule has 0 spiro atoms. The first-order valence-electron chi connectivity index (χ1n) is 23.3. The van der Waals surface area contributed by atoms with E-state index in [0.717, 1.165) is 21.4 Å². The fraction of sp³-hybridized carbons (Fsp3) is 0.400. The number of ether oxygens (including phenoxy) is 3. The van der Waals surface area contributed by atoms with Gasteiger partial charge < -0.3 is 49.6 Å². The van der Waals surface area contributed by atoms with Crippen molar-refractivity contribution in [1.82, 2.24) is 34.9 Å². The number of unbranched alkanes of at least 4 members (excludes halogenated alkanes) is 2. The summed E-state index contributed by atoms with van der Waals surface area (Å²) in [5, 5.41) is 19.2. The van der Waals surface area contributed by atoms with Crippen molar-refractivity contribution >= 4 is 64.3 Å². The molecule has 2 aromatic carbocycles. The second-order valence-corrected chi connectivity index (χ2v) is 17.8. The van der Waals surface area contributed by atoms with Crippen molar-refractivity contribution in [3.8, 4) is 17.1 Å². The SMILES string of the molecule is CCc1c2c(nc3ccc(OC(=O)N(C)CCN(C)C(=O)OCc4ccc(NC(=O)CNC(=O)C(NC(=O)CCCCCN5C(=O)C=CC5=O)C(C)C)cc4)cc13)-c1cc3c(c(=O)n1C2)COC(=O)C3O. The molecule has 2 atom stereocenters. The van der Waals surface area contributed by atoms with E-state index < -0.39 is 42.1 Å². The molecule has 0 bridgehead atoms. The number of imide groups is 1. The Morgan fingerprint density at radius 3 is 2.28 bits per heavy atom. The molecule has 2 aromatic heterocycles. The van der Waals surface area contributed by atoms with Crippen molar-refractivity contribution in [3.63, 3.8) is 0 Å². The van der Waals surface area contributed by atoms with E-state index >= 15 is 0 Å². The maximum atomic E-state index is 13.4. The molecule has 71 heavy (non-hydrogen) atoms. The standard InChI is InChI=1S/C50H56N8O13/c1-6-32-33-22-31(15-16-37(33)53-44-35(32)25-58-38(44)23-34-36(47(58)65)27-69-48(66)45(34)63)71-50(68)56(5)21-20-55(4)49(67)70-26-29-11-13-30(14-12-29)52-40(60)24-51-46(64)43(28(2)3)54-39(59)10-8-7-9-19-57-41(61)17-18-42(57)62/h11-18,22-23,28,43,45,63H,6-10,19-21,24-27H2,1-5H3,(H,51,64)(H,52,60)(H,54,59). The van der Waals surface area contributed by atoms with Gasteiger partial charge in [0.15, 0.2) is 6.10 Å². The number of aliphatic hydroxyl groups is 1. The lowest BCUT2D eigenvalue weighted by Crippen LogP contribution is -2.51. The molecule has 0 saturated carbocycles. The number of amides is 7. The van der Waals surface area contributed by atoms with Crippen LogP contribution >= 0.6 is 0 Å². The highest BCUT2D eigenvalue weighted by molar-refractivity contribution is 6.12. The molecule has 4 N–H and O–H groups in total. The zero-order valence-electron chi connectivity index (χ0n) is 40.1. The number of carbonyl (C=O) groups excluding carboxylic acids is 8. The van der Waals surface area contributed by atoms with Crippen LogP contribution in [-0.2, 0) is 64.4 Å². The molecule has 5 heterocycles. The monoisotopic (exact) mass is 976 g/mol. The van der Waals surface area contributed by atoms with Gasteiger partial charge in [0.1, 0.15) is 25.0 Å². The maximum Gasteiger partial charge on any atom is 0.415 e. The predicted molar refractivity (Wildman–Crippen MR) is 255 cm³/mol. The number of nitrogens with zero attached hydrogens (tertiary/aromatic N) is 5. The second-order valence-electron chi connectivity index (χ2n) is 17.8. The number of nitrogens with one attached hydrogen (secondary N) is 3. The number of aromatic nitrogens is 2. The number of anilines is 1. The summed E-state index contributed by atoms with van der Waals surface area (Å²) in [5.74, 6) is -2.84. The molecule has 21 heteroatoms. The third-order valence-corrected chi connectivity index (χ3v) is 12.5. The van der Waals surface area contributed by atoms with Gasteiger partial charge in [-0.1, -0.05) is 39.3 Å². The summed E-state index contributed by atoms with van der Waals surface area (Å²) < 4.78 is 17.7. The predicted octanol–water partition coefficient (Wildman–Crippen LogP) is 3.46. The van der Waals surface area contributed by atoms with Crippen molar-refractivity contribution in [3.05, 3.63) is 98.9 Å². The van der Waals surface area contributed by atoms with Gasteiger partial charge in [0.05, 0.1) is 35.6 Å². The number of hydrogen-bond donors (Lipinski definition) is 4. The highest BCUT2D eigenvalue weighted by atomic mass is 16.6. The molecule has 7 amide bonds. The minimum Gasteiger partial charge on any atom is -0.458 e. The number of rotatable bonds is 19. The average Bonchev–Trinajstić information content (AvgIpc) is 3.88. The highest BCUT2D eigenvalue weighted by Gasteiger charge is 2.35. The third kappa shape index (κ3) is 11.7. The number of carbonyl (C=O) groups is 8. The van der Waals surface area contributed by atoms with Crippen LogP contribution in [0.2, 0.25) is 0 Å². The van der Waals surface area contributed by atoms with E-state index in [-0.39, 0.29) is 98.4 Å². The van der Waals surface area contributed by atoms with Crippen LogP contribution in [0.4, 0.5) is 15.3 Å². The molecular weight excluding hydrogens is 921 g/mol. The molecule has 3 aliphatic rings. The van der Waals surface area contributed by atoms with E-state index in [1.54, 1.807) is 66.9 Å². The van der Waals surface area contributed by atoms with Gasteiger partial charge in [-0.2, -0.15) is 0 Å². The van der Waals surface area contributed by atoms with Gasteiger partial charge in [0, 0.05) is 74.5 Å². The zero-order valence-corrected chi connectivity index (χ0v) is 40.1. The topological polar surface area (TPSA) is 265 Å². The van der Waals surface area contributed by atoms with Gasteiger partial charge in [-0.25, -0.2) is 19.4 Å². The molecule has 374 valence electrons. The van der Waals surface area contributed by atoms with Gasteiger partial charge in [-0.3, -0.25) is 33.7 Å². The summed E-state index contributed by atoms with van der Waals surface area (Å²) in [6.07, 6.45) is 1.99. The summed E-state index contributed by atoms with van der Waals surface area (Å²) in [6.45, 7) is 5.62. The first-order chi connectivity index (χ1) is 33.9. The molecule has 0 saturated heterocycles. The normalized spacial score (nSPS) is 14.9. The lowest BCUT2D eigenvalue weighted by molar-refractivity contribution is -0.157. The summed E-state index contributed by atoms with van der Waals surface area (Å²) >= 11 is 0. The Kier molecular flexibility index (Phi) is 15.9. The number of benzene rings is 2. The van der Waals surface area contributed by atoms with Gasteiger partial charge >= 0.3 is 18.2 Å². The van der Waals surface area contributed by atoms with E-state index in [9.17, 15) is 48.3 Å². The maximum absolute atomic E-state index is 13.4. The van der Waals surface area contributed by atoms with Gasteiger partial charge in [0.25, 0.3) is 17.4 Å². The van der Waals surface area contributed by atoms with Gasteiger partial charge in [-0.05, 0) is 72.7 Å². The van der Waals surface area contributed by atoms with Crippen molar-refractivity contribution in [2.75, 3.05) is 45.6 Å². The molecule has 0 aliphatic carbocycles. The Labute approximate surface area is 408 Å². The first-order valence-corrected chi connectivity index (χ1v) is 23.3. The lowest BCUT2D eigenvalue weighted by Gasteiger charge is -2.22. The van der Waals surface area contributed by atoms with E-state index in [0.29, 0.717) is 53.8 Å².